The van der Waals surface area contributed by atoms with Crippen LogP contribution in [0.4, 0.5) is 0 Å². The van der Waals surface area contributed by atoms with Crippen LogP contribution >= 0.6 is 0 Å². The maximum Gasteiger partial charge on any atom is 0.255 e. The van der Waals surface area contributed by atoms with Crippen LogP contribution in [0.5, 0.6) is 0 Å². The van der Waals surface area contributed by atoms with Gasteiger partial charge in [0.25, 0.3) is 5.91 Å². The summed E-state index contributed by atoms with van der Waals surface area (Å²) in [7, 11) is 0. The quantitative estimate of drug-likeness (QED) is 0.792. The van der Waals surface area contributed by atoms with Gasteiger partial charge in [-0.1, -0.05) is 54.1 Å². The number of amides is 1. The summed E-state index contributed by atoms with van der Waals surface area (Å²) >= 11 is 0. The lowest BCUT2D eigenvalue weighted by atomic mass is 9.91. The molecule has 1 amide bonds. The third kappa shape index (κ3) is 4.96. The second-order valence-electron chi connectivity index (χ2n) is 7.70. The minimum Gasteiger partial charge on any atom is -0.379 e. The molecule has 0 spiro atoms. The number of likely N-dealkylation sites (tertiary alicyclic amines) is 1. The smallest absolute Gasteiger partial charge is 0.255 e. The number of piperidine rings is 1. The molecule has 1 aliphatic heterocycles. The number of carbonyl (C=O) groups excluding carboxylic acids is 1. The third-order valence-electron chi connectivity index (χ3n) is 5.45. The molecule has 1 fully saturated rings. The molecule has 2 aromatic carbocycles. The van der Waals surface area contributed by atoms with E-state index in [2.05, 4.69) is 49.5 Å². The van der Waals surface area contributed by atoms with Gasteiger partial charge in [-0.3, -0.25) is 4.79 Å². The fraction of sp³-hybridized carbons (Fsp3) is 0.435. The molecule has 0 aliphatic carbocycles. The third-order valence-corrected chi connectivity index (χ3v) is 5.45. The van der Waals surface area contributed by atoms with Gasteiger partial charge in [0.15, 0.2) is 5.60 Å². The number of carbonyl (C=O) groups is 1. The summed E-state index contributed by atoms with van der Waals surface area (Å²) in [6, 6.07) is 16.5. The predicted octanol–water partition coefficient (Wildman–Crippen LogP) is 2.99. The van der Waals surface area contributed by atoms with Gasteiger partial charge in [0.2, 0.25) is 0 Å². The Morgan fingerprint density at radius 3 is 2.70 bits per heavy atom. The summed E-state index contributed by atoms with van der Waals surface area (Å²) < 4.78 is 0. The predicted molar refractivity (Wildman–Crippen MR) is 109 cm³/mol. The van der Waals surface area contributed by atoms with Gasteiger partial charge in [-0.05, 0) is 49.8 Å². The van der Waals surface area contributed by atoms with Crippen LogP contribution in [0.3, 0.4) is 0 Å². The van der Waals surface area contributed by atoms with E-state index in [-0.39, 0.29) is 5.91 Å². The number of rotatable bonds is 7. The minimum absolute atomic E-state index is 0.141. The fourth-order valence-electron chi connectivity index (χ4n) is 3.75. The summed E-state index contributed by atoms with van der Waals surface area (Å²) in [6.07, 6.45) is 2.17. The summed E-state index contributed by atoms with van der Waals surface area (Å²) in [5.41, 5.74) is 3.57. The largest absolute Gasteiger partial charge is 0.379 e. The molecule has 144 valence electrons. The molecule has 4 heteroatoms. The molecule has 0 saturated carbocycles. The van der Waals surface area contributed by atoms with Gasteiger partial charge in [0, 0.05) is 26.2 Å². The topological polar surface area (TPSA) is 52.6 Å². The SMILES string of the molecule is Cc1ccc(C)c(CNC[C@@]2(O)CCCN(CCc3ccccc3)C2=O)c1. The maximum absolute atomic E-state index is 12.9. The van der Waals surface area contributed by atoms with Crippen LogP contribution < -0.4 is 5.32 Å². The standard InChI is InChI=1S/C23H30N2O2/c1-18-9-10-19(2)21(15-18)16-24-17-23(27)12-6-13-25(22(23)26)14-11-20-7-4-3-5-8-20/h3-5,7-10,15,24,27H,6,11-14,16-17H2,1-2H3/t23-/m0/s1. The first-order valence-corrected chi connectivity index (χ1v) is 9.80. The number of hydrogen-bond donors (Lipinski definition) is 2. The highest BCUT2D eigenvalue weighted by atomic mass is 16.3. The highest BCUT2D eigenvalue weighted by Crippen LogP contribution is 2.23. The summed E-state index contributed by atoms with van der Waals surface area (Å²) in [5, 5.41) is 14.3. The highest BCUT2D eigenvalue weighted by Gasteiger charge is 2.41. The Morgan fingerprint density at radius 2 is 1.93 bits per heavy atom. The van der Waals surface area contributed by atoms with Gasteiger partial charge in [-0.25, -0.2) is 0 Å². The Hall–Kier alpha value is -2.17. The van der Waals surface area contributed by atoms with Gasteiger partial charge in [0.05, 0.1) is 0 Å². The molecule has 2 aromatic rings. The average molecular weight is 367 g/mol. The monoisotopic (exact) mass is 366 g/mol. The average Bonchev–Trinajstić information content (AvgIpc) is 2.67. The van der Waals surface area contributed by atoms with E-state index in [1.807, 2.05) is 23.1 Å². The molecule has 0 aromatic heterocycles. The van der Waals surface area contributed by atoms with Crippen molar-refractivity contribution in [2.24, 2.45) is 0 Å². The van der Waals surface area contributed by atoms with E-state index in [0.717, 1.165) is 19.4 Å². The van der Waals surface area contributed by atoms with Crippen molar-refractivity contribution in [1.29, 1.82) is 0 Å². The normalized spacial score (nSPS) is 20.1. The van der Waals surface area contributed by atoms with Crippen LogP contribution in [0.2, 0.25) is 0 Å². The van der Waals surface area contributed by atoms with Crippen molar-refractivity contribution < 1.29 is 9.90 Å². The van der Waals surface area contributed by atoms with Crippen molar-refractivity contribution in [1.82, 2.24) is 10.2 Å². The van der Waals surface area contributed by atoms with Gasteiger partial charge >= 0.3 is 0 Å². The Kier molecular flexibility index (Phi) is 6.30. The van der Waals surface area contributed by atoms with E-state index in [4.69, 9.17) is 0 Å². The van der Waals surface area contributed by atoms with Crippen molar-refractivity contribution in [3.63, 3.8) is 0 Å². The van der Waals surface area contributed by atoms with Crippen molar-refractivity contribution in [3.8, 4) is 0 Å². The van der Waals surface area contributed by atoms with E-state index in [0.29, 0.717) is 26.1 Å². The number of nitrogens with zero attached hydrogens (tertiary/aromatic N) is 1. The lowest BCUT2D eigenvalue weighted by molar-refractivity contribution is -0.156. The highest BCUT2D eigenvalue weighted by molar-refractivity contribution is 5.86. The van der Waals surface area contributed by atoms with Crippen molar-refractivity contribution in [3.05, 3.63) is 70.8 Å². The Bertz CT molecular complexity index is 775. The summed E-state index contributed by atoms with van der Waals surface area (Å²) in [4.78, 5) is 14.7. The molecular formula is C23H30N2O2. The lowest BCUT2D eigenvalue weighted by Gasteiger charge is -2.38. The molecule has 1 atom stereocenters. The first-order chi connectivity index (χ1) is 13.0. The first kappa shape index (κ1) is 19.6. The Balaban J connectivity index is 1.55. The molecule has 0 radical (unpaired) electrons. The van der Waals surface area contributed by atoms with Crippen LogP contribution in [0, 0.1) is 13.8 Å². The number of benzene rings is 2. The zero-order valence-corrected chi connectivity index (χ0v) is 16.4. The van der Waals surface area contributed by atoms with Crippen molar-refractivity contribution in [2.75, 3.05) is 19.6 Å². The molecule has 0 bridgehead atoms. The Morgan fingerprint density at radius 1 is 1.15 bits per heavy atom. The van der Waals surface area contributed by atoms with Crippen LogP contribution in [-0.4, -0.2) is 41.1 Å². The molecule has 1 saturated heterocycles. The zero-order chi connectivity index (χ0) is 19.3. The van der Waals surface area contributed by atoms with Gasteiger partial charge < -0.3 is 15.3 Å². The van der Waals surface area contributed by atoms with Crippen LogP contribution in [0.15, 0.2) is 48.5 Å². The number of aryl methyl sites for hydroxylation is 2. The number of nitrogens with one attached hydrogen (secondary N) is 1. The molecule has 3 rings (SSSR count). The zero-order valence-electron chi connectivity index (χ0n) is 16.4. The summed E-state index contributed by atoms with van der Waals surface area (Å²) in [5.74, 6) is -0.141. The lowest BCUT2D eigenvalue weighted by Crippen LogP contribution is -2.58. The first-order valence-electron chi connectivity index (χ1n) is 9.80. The van der Waals surface area contributed by atoms with E-state index in [1.165, 1.54) is 22.3 Å². The maximum atomic E-state index is 12.9. The van der Waals surface area contributed by atoms with Gasteiger partial charge in [-0.15, -0.1) is 0 Å². The molecule has 1 aliphatic rings. The molecular weight excluding hydrogens is 336 g/mol. The van der Waals surface area contributed by atoms with E-state index in [9.17, 15) is 9.90 Å². The van der Waals surface area contributed by atoms with Crippen molar-refractivity contribution >= 4 is 5.91 Å². The van der Waals surface area contributed by atoms with Crippen LogP contribution in [-0.2, 0) is 17.8 Å². The Labute approximate surface area is 162 Å². The van der Waals surface area contributed by atoms with Crippen LogP contribution in [0.25, 0.3) is 0 Å². The number of hydrogen-bond acceptors (Lipinski definition) is 3. The van der Waals surface area contributed by atoms with Crippen LogP contribution in [0.1, 0.15) is 35.1 Å². The second kappa shape index (κ2) is 8.68. The van der Waals surface area contributed by atoms with E-state index < -0.39 is 5.60 Å². The van der Waals surface area contributed by atoms with Crippen molar-refractivity contribution in [2.45, 2.75) is 45.3 Å². The molecule has 2 N–H and O–H groups in total. The second-order valence-corrected chi connectivity index (χ2v) is 7.70. The molecule has 1 heterocycles. The fourth-order valence-corrected chi connectivity index (χ4v) is 3.75. The van der Waals surface area contributed by atoms with E-state index in [1.54, 1.807) is 0 Å². The van der Waals surface area contributed by atoms with E-state index >= 15 is 0 Å². The van der Waals surface area contributed by atoms with Gasteiger partial charge in [-0.2, -0.15) is 0 Å². The number of aliphatic hydroxyl groups is 1. The minimum atomic E-state index is -1.30. The van der Waals surface area contributed by atoms with Gasteiger partial charge in [0.1, 0.15) is 0 Å². The molecule has 4 nitrogen and oxygen atoms in total. The molecule has 0 unspecified atom stereocenters. The molecule has 27 heavy (non-hydrogen) atoms. The summed E-state index contributed by atoms with van der Waals surface area (Å²) in [6.45, 7) is 6.50.